The molecular formula is C10H15N7OS. The van der Waals surface area contributed by atoms with Gasteiger partial charge in [-0.1, -0.05) is 5.21 Å². The van der Waals surface area contributed by atoms with Crippen molar-refractivity contribution in [1.29, 1.82) is 0 Å². The number of carbonyl (C=O) groups excluding carboxylic acids is 1. The lowest BCUT2D eigenvalue weighted by Gasteiger charge is -2.01. The van der Waals surface area contributed by atoms with E-state index >= 15 is 0 Å². The van der Waals surface area contributed by atoms with Crippen molar-refractivity contribution in [2.24, 2.45) is 12.9 Å². The molecule has 102 valence electrons. The standard InChI is InChI=1S/C10H15N7OS/c1-7-5-9(16(2)14-7)19-4-3-17-6-8(13-15-17)10(18)12-11/h5-6H,3-4,11H2,1-2H3,(H,12,18). The Kier molecular flexibility index (Phi) is 4.17. The number of nitrogens with two attached hydrogens (primary N) is 1. The number of carbonyl (C=O) groups is 1. The molecule has 0 aliphatic rings. The summed E-state index contributed by atoms with van der Waals surface area (Å²) in [6, 6.07) is 2.03. The Morgan fingerprint density at radius 1 is 1.58 bits per heavy atom. The lowest BCUT2D eigenvalue weighted by atomic mass is 10.5. The van der Waals surface area contributed by atoms with E-state index in [0.29, 0.717) is 6.54 Å². The number of nitrogens with one attached hydrogen (secondary N) is 1. The van der Waals surface area contributed by atoms with Crippen molar-refractivity contribution in [2.75, 3.05) is 5.75 Å². The average Bonchev–Trinajstić information content (AvgIpc) is 2.96. The minimum absolute atomic E-state index is 0.212. The monoisotopic (exact) mass is 281 g/mol. The van der Waals surface area contributed by atoms with Crippen LogP contribution in [-0.4, -0.2) is 36.4 Å². The van der Waals surface area contributed by atoms with Gasteiger partial charge in [0.25, 0.3) is 5.91 Å². The van der Waals surface area contributed by atoms with Crippen molar-refractivity contribution in [3.05, 3.63) is 23.7 Å². The summed E-state index contributed by atoms with van der Waals surface area (Å²) in [6.07, 6.45) is 1.57. The summed E-state index contributed by atoms with van der Waals surface area (Å²) in [4.78, 5) is 11.2. The number of nitrogens with zero attached hydrogens (tertiary/aromatic N) is 5. The molecule has 0 spiro atoms. The van der Waals surface area contributed by atoms with Crippen LogP contribution in [-0.2, 0) is 13.6 Å². The maximum atomic E-state index is 11.2. The molecule has 3 N–H and O–H groups in total. The lowest BCUT2D eigenvalue weighted by molar-refractivity contribution is 0.0948. The summed E-state index contributed by atoms with van der Waals surface area (Å²) >= 11 is 1.67. The maximum absolute atomic E-state index is 11.2. The third-order valence-corrected chi connectivity index (χ3v) is 3.50. The highest BCUT2D eigenvalue weighted by Gasteiger charge is 2.09. The fraction of sp³-hybridized carbons (Fsp3) is 0.400. The molecule has 0 aliphatic heterocycles. The molecule has 2 aromatic rings. The fourth-order valence-corrected chi connectivity index (χ4v) is 2.52. The number of amides is 1. The van der Waals surface area contributed by atoms with Crippen LogP contribution in [0.4, 0.5) is 0 Å². The molecule has 2 heterocycles. The van der Waals surface area contributed by atoms with E-state index in [1.807, 2.05) is 30.1 Å². The van der Waals surface area contributed by atoms with Gasteiger partial charge >= 0.3 is 0 Å². The molecule has 0 saturated heterocycles. The number of rotatable bonds is 5. The van der Waals surface area contributed by atoms with Crippen molar-refractivity contribution in [2.45, 2.75) is 18.5 Å². The van der Waals surface area contributed by atoms with Crippen LogP contribution in [0.25, 0.3) is 0 Å². The van der Waals surface area contributed by atoms with Crippen LogP contribution in [0.2, 0.25) is 0 Å². The van der Waals surface area contributed by atoms with Gasteiger partial charge in [0.05, 0.1) is 23.5 Å². The van der Waals surface area contributed by atoms with E-state index < -0.39 is 5.91 Å². The molecule has 2 rings (SSSR count). The van der Waals surface area contributed by atoms with Crippen LogP contribution in [0.15, 0.2) is 17.3 Å². The zero-order chi connectivity index (χ0) is 13.8. The maximum Gasteiger partial charge on any atom is 0.287 e. The van der Waals surface area contributed by atoms with Crippen molar-refractivity contribution < 1.29 is 4.79 Å². The molecule has 0 radical (unpaired) electrons. The third-order valence-electron chi connectivity index (χ3n) is 2.43. The van der Waals surface area contributed by atoms with Crippen LogP contribution in [0.1, 0.15) is 16.2 Å². The second kappa shape index (κ2) is 5.85. The first kappa shape index (κ1) is 13.6. The molecule has 0 unspecified atom stereocenters. The minimum atomic E-state index is -0.443. The number of hydrogen-bond acceptors (Lipinski definition) is 6. The topological polar surface area (TPSA) is 104 Å². The number of thioether (sulfide) groups is 1. The Hall–Kier alpha value is -1.87. The Balaban J connectivity index is 1.87. The van der Waals surface area contributed by atoms with Gasteiger partial charge in [-0.25, -0.2) is 5.84 Å². The van der Waals surface area contributed by atoms with E-state index in [9.17, 15) is 4.79 Å². The van der Waals surface area contributed by atoms with Gasteiger partial charge < -0.3 is 0 Å². The molecule has 0 atom stereocenters. The van der Waals surface area contributed by atoms with E-state index in [4.69, 9.17) is 5.84 Å². The summed E-state index contributed by atoms with van der Waals surface area (Å²) in [7, 11) is 1.91. The van der Waals surface area contributed by atoms with Gasteiger partial charge in [0.1, 0.15) is 0 Å². The molecule has 0 fully saturated rings. The van der Waals surface area contributed by atoms with Gasteiger partial charge in [0.15, 0.2) is 5.69 Å². The zero-order valence-electron chi connectivity index (χ0n) is 10.7. The number of nitrogen functional groups attached to an aromatic ring is 1. The smallest absolute Gasteiger partial charge is 0.287 e. The molecule has 0 bridgehead atoms. The van der Waals surface area contributed by atoms with E-state index in [1.165, 1.54) is 0 Å². The first-order valence-corrected chi connectivity index (χ1v) is 6.63. The van der Waals surface area contributed by atoms with Crippen molar-refractivity contribution in [3.63, 3.8) is 0 Å². The van der Waals surface area contributed by atoms with Crippen LogP contribution in [0, 0.1) is 6.92 Å². The van der Waals surface area contributed by atoms with Gasteiger partial charge in [-0.05, 0) is 13.0 Å². The number of hydrazine groups is 1. The summed E-state index contributed by atoms with van der Waals surface area (Å²) < 4.78 is 3.45. The van der Waals surface area contributed by atoms with Crippen molar-refractivity contribution in [3.8, 4) is 0 Å². The quantitative estimate of drug-likeness (QED) is 0.338. The number of aromatic nitrogens is 5. The molecule has 9 heteroatoms. The number of hydrogen-bond donors (Lipinski definition) is 2. The summed E-state index contributed by atoms with van der Waals surface area (Å²) in [6.45, 7) is 2.61. The van der Waals surface area contributed by atoms with Gasteiger partial charge in [0.2, 0.25) is 0 Å². The van der Waals surface area contributed by atoms with Gasteiger partial charge in [-0.3, -0.25) is 19.6 Å². The Labute approximate surface area is 114 Å². The van der Waals surface area contributed by atoms with Gasteiger partial charge in [0, 0.05) is 12.8 Å². The van der Waals surface area contributed by atoms with E-state index in [-0.39, 0.29) is 5.69 Å². The molecule has 0 aromatic carbocycles. The molecule has 19 heavy (non-hydrogen) atoms. The summed E-state index contributed by atoms with van der Waals surface area (Å²) in [5.74, 6) is 5.39. The first-order valence-electron chi connectivity index (χ1n) is 5.64. The predicted octanol–water partition coefficient (Wildman–Crippen LogP) is -0.284. The van der Waals surface area contributed by atoms with Crippen LogP contribution >= 0.6 is 11.8 Å². The Morgan fingerprint density at radius 2 is 2.37 bits per heavy atom. The minimum Gasteiger partial charge on any atom is -0.289 e. The average molecular weight is 281 g/mol. The highest BCUT2D eigenvalue weighted by atomic mass is 32.2. The second-order valence-corrected chi connectivity index (χ2v) is 5.05. The van der Waals surface area contributed by atoms with E-state index in [1.54, 1.807) is 22.6 Å². The third kappa shape index (κ3) is 3.32. The molecule has 2 aromatic heterocycles. The molecule has 8 nitrogen and oxygen atoms in total. The molecular weight excluding hydrogens is 266 g/mol. The highest BCUT2D eigenvalue weighted by molar-refractivity contribution is 7.99. The predicted molar refractivity (Wildman–Crippen MR) is 70.3 cm³/mol. The largest absolute Gasteiger partial charge is 0.289 e. The molecule has 0 aliphatic carbocycles. The number of aryl methyl sites for hydroxylation is 3. The van der Waals surface area contributed by atoms with Crippen molar-refractivity contribution in [1.82, 2.24) is 30.2 Å². The summed E-state index contributed by atoms with van der Waals surface area (Å²) in [5, 5.41) is 13.0. The Bertz CT molecular complexity index is 576. The van der Waals surface area contributed by atoms with Crippen LogP contribution < -0.4 is 11.3 Å². The van der Waals surface area contributed by atoms with E-state index in [2.05, 4.69) is 15.4 Å². The van der Waals surface area contributed by atoms with Crippen LogP contribution in [0.5, 0.6) is 0 Å². The van der Waals surface area contributed by atoms with Crippen molar-refractivity contribution >= 4 is 17.7 Å². The normalized spacial score (nSPS) is 10.7. The highest BCUT2D eigenvalue weighted by Crippen LogP contribution is 2.18. The second-order valence-electron chi connectivity index (χ2n) is 3.94. The molecule has 0 saturated carbocycles. The SMILES string of the molecule is Cc1cc(SCCn2cc(C(=O)NN)nn2)n(C)n1. The van der Waals surface area contributed by atoms with E-state index in [0.717, 1.165) is 16.5 Å². The van der Waals surface area contributed by atoms with Gasteiger partial charge in [-0.15, -0.1) is 16.9 Å². The zero-order valence-corrected chi connectivity index (χ0v) is 11.5. The molecule has 1 amide bonds. The lowest BCUT2D eigenvalue weighted by Crippen LogP contribution is -2.30. The Morgan fingerprint density at radius 3 is 3.00 bits per heavy atom. The van der Waals surface area contributed by atoms with Crippen LogP contribution in [0.3, 0.4) is 0 Å². The summed E-state index contributed by atoms with van der Waals surface area (Å²) in [5.41, 5.74) is 3.22. The fourth-order valence-electron chi connectivity index (χ4n) is 1.55. The van der Waals surface area contributed by atoms with Gasteiger partial charge in [-0.2, -0.15) is 5.10 Å². The first-order chi connectivity index (χ1) is 9.10.